The Bertz CT molecular complexity index is 129. The minimum atomic E-state index is 0.628. The van der Waals surface area contributed by atoms with Crippen LogP contribution >= 0.6 is 0 Å². The van der Waals surface area contributed by atoms with E-state index in [0.717, 1.165) is 12.1 Å². The molecule has 4 atom stereocenters. The van der Waals surface area contributed by atoms with Crippen LogP contribution in [0.2, 0.25) is 0 Å². The number of rotatable bonds is 0. The van der Waals surface area contributed by atoms with Gasteiger partial charge in [-0.3, -0.25) is 4.84 Å². The van der Waals surface area contributed by atoms with E-state index in [1.807, 2.05) is 0 Å². The van der Waals surface area contributed by atoms with Crippen molar-refractivity contribution in [2.75, 3.05) is 0 Å². The standard InChI is InChI=1S/C7H11NO/c1-3-6-7-4-2-5(1)8(6)9-7/h5-7H,1-4H2. The van der Waals surface area contributed by atoms with Gasteiger partial charge in [0.25, 0.3) is 0 Å². The molecular weight excluding hydrogens is 114 g/mol. The Kier molecular flexibility index (Phi) is 0.691. The van der Waals surface area contributed by atoms with Crippen LogP contribution in [0, 0.1) is 0 Å². The van der Waals surface area contributed by atoms with Crippen molar-refractivity contribution in [3.63, 3.8) is 0 Å². The number of hydroxylamine groups is 2. The van der Waals surface area contributed by atoms with E-state index in [1.54, 1.807) is 0 Å². The first kappa shape index (κ1) is 4.69. The van der Waals surface area contributed by atoms with E-state index >= 15 is 0 Å². The molecule has 2 nitrogen and oxygen atoms in total. The average Bonchev–Trinajstić information content (AvgIpc) is 2.06. The fraction of sp³-hybridized carbons (Fsp3) is 1.00. The first-order valence-corrected chi connectivity index (χ1v) is 3.90. The maximum absolute atomic E-state index is 5.50. The fourth-order valence-corrected chi connectivity index (χ4v) is 2.44. The number of piperidine rings is 1. The van der Waals surface area contributed by atoms with Crippen molar-refractivity contribution in [3.8, 4) is 0 Å². The smallest absolute Gasteiger partial charge is 0.0972 e. The molecule has 0 radical (unpaired) electrons. The minimum absolute atomic E-state index is 0.628. The second-order valence-electron chi connectivity index (χ2n) is 3.38. The van der Waals surface area contributed by atoms with Gasteiger partial charge >= 0.3 is 0 Å². The zero-order valence-corrected chi connectivity index (χ0v) is 5.42. The maximum atomic E-state index is 5.50. The minimum Gasteiger partial charge on any atom is -0.293 e. The van der Waals surface area contributed by atoms with Crippen molar-refractivity contribution in [1.29, 1.82) is 0 Å². The highest BCUT2D eigenvalue weighted by molar-refractivity contribution is 4.99. The second kappa shape index (κ2) is 1.32. The molecule has 4 aliphatic heterocycles. The normalized spacial score (nSPS) is 61.3. The molecule has 9 heavy (non-hydrogen) atoms. The van der Waals surface area contributed by atoms with Crippen LogP contribution in [0.1, 0.15) is 25.7 Å². The molecule has 0 N–H and O–H groups in total. The van der Waals surface area contributed by atoms with Crippen molar-refractivity contribution in [1.82, 2.24) is 5.06 Å². The van der Waals surface area contributed by atoms with E-state index in [-0.39, 0.29) is 0 Å². The molecule has 4 unspecified atom stereocenters. The number of hydrogen-bond donors (Lipinski definition) is 0. The predicted molar refractivity (Wildman–Crippen MR) is 32.8 cm³/mol. The molecule has 4 bridgehead atoms. The molecule has 0 aromatic carbocycles. The summed E-state index contributed by atoms with van der Waals surface area (Å²) in [5, 5.41) is 2.23. The Morgan fingerprint density at radius 3 is 2.67 bits per heavy atom. The summed E-state index contributed by atoms with van der Waals surface area (Å²) in [5.41, 5.74) is 0. The zero-order chi connectivity index (χ0) is 5.84. The van der Waals surface area contributed by atoms with Gasteiger partial charge in [0, 0.05) is 6.04 Å². The molecule has 0 amide bonds. The Morgan fingerprint density at radius 1 is 1.11 bits per heavy atom. The summed E-state index contributed by atoms with van der Waals surface area (Å²) in [7, 11) is 0. The lowest BCUT2D eigenvalue weighted by molar-refractivity contribution is -0.359. The van der Waals surface area contributed by atoms with Gasteiger partial charge < -0.3 is 0 Å². The van der Waals surface area contributed by atoms with Gasteiger partial charge in [-0.2, -0.15) is 5.06 Å². The fourth-order valence-electron chi connectivity index (χ4n) is 2.44. The van der Waals surface area contributed by atoms with E-state index < -0.39 is 0 Å². The van der Waals surface area contributed by atoms with E-state index in [4.69, 9.17) is 4.84 Å². The summed E-state index contributed by atoms with van der Waals surface area (Å²) in [4.78, 5) is 5.50. The quantitative estimate of drug-likeness (QED) is 0.477. The van der Waals surface area contributed by atoms with Crippen LogP contribution in [0.5, 0.6) is 0 Å². The Balaban J connectivity index is 1.96. The summed E-state index contributed by atoms with van der Waals surface area (Å²) in [5.74, 6) is 0. The molecule has 4 fully saturated rings. The molecule has 0 aromatic rings. The Labute approximate surface area is 54.7 Å². The maximum Gasteiger partial charge on any atom is 0.0972 e. The third-order valence-corrected chi connectivity index (χ3v) is 2.95. The van der Waals surface area contributed by atoms with Crippen LogP contribution in [-0.4, -0.2) is 23.3 Å². The van der Waals surface area contributed by atoms with Gasteiger partial charge in [-0.25, -0.2) is 0 Å². The highest BCUT2D eigenvalue weighted by Crippen LogP contribution is 2.45. The third kappa shape index (κ3) is 0.413. The van der Waals surface area contributed by atoms with E-state index in [0.29, 0.717) is 6.10 Å². The molecule has 0 aromatic heterocycles. The SMILES string of the molecule is C1CC2CCC3C1ON23. The average molecular weight is 125 g/mol. The molecule has 0 saturated carbocycles. The first-order chi connectivity index (χ1) is 4.45. The van der Waals surface area contributed by atoms with Crippen LogP contribution in [-0.2, 0) is 4.84 Å². The zero-order valence-electron chi connectivity index (χ0n) is 5.42. The van der Waals surface area contributed by atoms with Gasteiger partial charge in [-0.15, -0.1) is 0 Å². The lowest BCUT2D eigenvalue weighted by atomic mass is 9.99. The molecule has 4 rings (SSSR count). The van der Waals surface area contributed by atoms with Gasteiger partial charge in [0.15, 0.2) is 0 Å². The lowest BCUT2D eigenvalue weighted by Gasteiger charge is -2.49. The van der Waals surface area contributed by atoms with Gasteiger partial charge in [0.05, 0.1) is 12.1 Å². The summed E-state index contributed by atoms with van der Waals surface area (Å²) in [6.45, 7) is 0. The number of hydrogen-bond acceptors (Lipinski definition) is 2. The van der Waals surface area contributed by atoms with Crippen LogP contribution in [0.25, 0.3) is 0 Å². The largest absolute Gasteiger partial charge is 0.293 e. The van der Waals surface area contributed by atoms with Gasteiger partial charge in [-0.1, -0.05) is 0 Å². The summed E-state index contributed by atoms with van der Waals surface area (Å²) < 4.78 is 0. The van der Waals surface area contributed by atoms with Crippen LogP contribution in [0.15, 0.2) is 0 Å². The van der Waals surface area contributed by atoms with Gasteiger partial charge in [0.2, 0.25) is 0 Å². The predicted octanol–water partition coefficient (Wildman–Crippen LogP) is 0.927. The Hall–Kier alpha value is -0.0800. The second-order valence-corrected chi connectivity index (χ2v) is 3.38. The molecule has 2 heteroatoms. The van der Waals surface area contributed by atoms with Gasteiger partial charge in [0.1, 0.15) is 0 Å². The first-order valence-electron chi connectivity index (χ1n) is 3.90. The summed E-state index contributed by atoms with van der Waals surface area (Å²) in [6.07, 6.45) is 6.13. The summed E-state index contributed by atoms with van der Waals surface area (Å²) >= 11 is 0. The molecule has 4 aliphatic rings. The Morgan fingerprint density at radius 2 is 2.00 bits per heavy atom. The molecule has 50 valence electrons. The van der Waals surface area contributed by atoms with Crippen molar-refractivity contribution < 1.29 is 4.84 Å². The van der Waals surface area contributed by atoms with Gasteiger partial charge in [-0.05, 0) is 25.7 Å². The van der Waals surface area contributed by atoms with Crippen LogP contribution in [0.4, 0.5) is 0 Å². The van der Waals surface area contributed by atoms with Crippen molar-refractivity contribution >= 4 is 0 Å². The molecule has 0 aliphatic carbocycles. The van der Waals surface area contributed by atoms with Crippen molar-refractivity contribution in [3.05, 3.63) is 0 Å². The molecule has 0 spiro atoms. The third-order valence-electron chi connectivity index (χ3n) is 2.95. The van der Waals surface area contributed by atoms with E-state index in [1.165, 1.54) is 25.7 Å². The van der Waals surface area contributed by atoms with Crippen molar-refractivity contribution in [2.24, 2.45) is 0 Å². The highest BCUT2D eigenvalue weighted by Gasteiger charge is 2.52. The summed E-state index contributed by atoms with van der Waals surface area (Å²) in [6, 6.07) is 1.64. The van der Waals surface area contributed by atoms with E-state index in [9.17, 15) is 0 Å². The molecule has 4 saturated heterocycles. The van der Waals surface area contributed by atoms with Crippen molar-refractivity contribution in [2.45, 2.75) is 43.9 Å². The van der Waals surface area contributed by atoms with E-state index in [2.05, 4.69) is 5.06 Å². The van der Waals surface area contributed by atoms with Crippen LogP contribution in [0.3, 0.4) is 0 Å². The topological polar surface area (TPSA) is 12.5 Å². The number of fused-ring (bicyclic) bond motifs is 1. The number of nitrogens with zero attached hydrogens (tertiary/aromatic N) is 1. The highest BCUT2D eigenvalue weighted by atomic mass is 16.7. The monoisotopic (exact) mass is 125 g/mol. The van der Waals surface area contributed by atoms with Crippen LogP contribution < -0.4 is 0 Å². The molecule has 4 heterocycles. The molecular formula is C7H11NO. The lowest BCUT2D eigenvalue weighted by Crippen LogP contribution is -2.60.